The lowest BCUT2D eigenvalue weighted by atomic mass is 10.1. The van der Waals surface area contributed by atoms with Crippen molar-refractivity contribution in [2.24, 2.45) is 0 Å². The summed E-state index contributed by atoms with van der Waals surface area (Å²) < 4.78 is 0.270. The van der Waals surface area contributed by atoms with Gasteiger partial charge in [0, 0.05) is 23.6 Å². The first kappa shape index (κ1) is 13.1. The summed E-state index contributed by atoms with van der Waals surface area (Å²) in [6.45, 7) is 6.24. The molecule has 0 spiro atoms. The molecule has 0 saturated carbocycles. The molecule has 1 aromatic heterocycles. The number of hydrogen-bond donors (Lipinski definition) is 1. The minimum absolute atomic E-state index is 0.00339. The zero-order chi connectivity index (χ0) is 13.2. The second-order valence-electron chi connectivity index (χ2n) is 4.91. The summed E-state index contributed by atoms with van der Waals surface area (Å²) in [5, 5.41) is 8.92. The van der Waals surface area contributed by atoms with E-state index < -0.39 is 5.97 Å². The van der Waals surface area contributed by atoms with Gasteiger partial charge in [0.15, 0.2) is 5.69 Å². The quantitative estimate of drug-likeness (QED) is 0.882. The van der Waals surface area contributed by atoms with E-state index in [0.29, 0.717) is 5.82 Å². The molecule has 5 nitrogen and oxygen atoms in total. The molecule has 0 bridgehead atoms. The molecule has 0 aromatic carbocycles. The molecule has 1 aromatic rings. The number of carboxylic acid groups (broad SMARTS) is 1. The van der Waals surface area contributed by atoms with Gasteiger partial charge in [0.1, 0.15) is 5.82 Å². The van der Waals surface area contributed by atoms with Crippen LogP contribution in [0.4, 0.5) is 5.82 Å². The van der Waals surface area contributed by atoms with Gasteiger partial charge in [-0.1, -0.05) is 13.8 Å². The van der Waals surface area contributed by atoms with Crippen LogP contribution < -0.4 is 4.90 Å². The van der Waals surface area contributed by atoms with E-state index in [0.717, 1.165) is 25.3 Å². The van der Waals surface area contributed by atoms with E-state index in [-0.39, 0.29) is 10.4 Å². The number of nitrogens with zero attached hydrogens (tertiary/aromatic N) is 3. The van der Waals surface area contributed by atoms with Gasteiger partial charge >= 0.3 is 5.97 Å². The van der Waals surface area contributed by atoms with Crippen LogP contribution >= 0.6 is 11.8 Å². The number of carbonyl (C=O) groups is 1. The lowest BCUT2D eigenvalue weighted by Gasteiger charge is -2.23. The third kappa shape index (κ3) is 3.13. The number of thioether (sulfide) groups is 1. The van der Waals surface area contributed by atoms with Crippen LogP contribution in [0.1, 0.15) is 30.8 Å². The minimum Gasteiger partial charge on any atom is -0.476 e. The third-order valence-corrected chi connectivity index (χ3v) is 4.38. The Morgan fingerprint density at radius 3 is 2.94 bits per heavy atom. The van der Waals surface area contributed by atoms with Crippen LogP contribution in [0.3, 0.4) is 0 Å². The van der Waals surface area contributed by atoms with Gasteiger partial charge in [0.2, 0.25) is 0 Å². The average Bonchev–Trinajstić information content (AvgIpc) is 2.50. The molecule has 0 aliphatic carbocycles. The summed E-state index contributed by atoms with van der Waals surface area (Å²) in [5.74, 6) is 0.647. The van der Waals surface area contributed by atoms with Crippen molar-refractivity contribution in [2.45, 2.75) is 25.0 Å². The molecule has 6 heteroatoms. The molecule has 1 fully saturated rings. The number of aromatic nitrogens is 2. The lowest BCUT2D eigenvalue weighted by Crippen LogP contribution is -2.28. The number of hydrogen-bond acceptors (Lipinski definition) is 5. The predicted molar refractivity (Wildman–Crippen MR) is 72.4 cm³/mol. The molecule has 0 radical (unpaired) electrons. The maximum Gasteiger partial charge on any atom is 0.356 e. The molecule has 0 atom stereocenters. The number of aromatic carboxylic acids is 1. The van der Waals surface area contributed by atoms with Gasteiger partial charge in [-0.2, -0.15) is 11.8 Å². The molecule has 1 aliphatic rings. The van der Waals surface area contributed by atoms with Gasteiger partial charge < -0.3 is 10.0 Å². The van der Waals surface area contributed by atoms with E-state index in [1.165, 1.54) is 6.20 Å². The van der Waals surface area contributed by atoms with Gasteiger partial charge in [-0.05, 0) is 6.42 Å². The van der Waals surface area contributed by atoms with Crippen LogP contribution in [0.15, 0.2) is 12.4 Å². The first-order chi connectivity index (χ1) is 8.48. The van der Waals surface area contributed by atoms with Gasteiger partial charge in [-0.25, -0.2) is 9.78 Å². The monoisotopic (exact) mass is 267 g/mol. The molecule has 1 aliphatic heterocycles. The highest BCUT2D eigenvalue weighted by Crippen LogP contribution is 2.31. The molecular weight excluding hydrogens is 250 g/mol. The Bertz CT molecular complexity index is 451. The van der Waals surface area contributed by atoms with Crippen molar-refractivity contribution in [3.63, 3.8) is 0 Å². The minimum atomic E-state index is -1.03. The third-order valence-electron chi connectivity index (χ3n) is 3.00. The lowest BCUT2D eigenvalue weighted by molar-refractivity contribution is 0.0690. The topological polar surface area (TPSA) is 66.3 Å². The Morgan fingerprint density at radius 1 is 1.44 bits per heavy atom. The Labute approximate surface area is 111 Å². The van der Waals surface area contributed by atoms with Gasteiger partial charge in [0.05, 0.1) is 12.4 Å². The van der Waals surface area contributed by atoms with E-state index in [1.54, 1.807) is 6.20 Å². The highest BCUT2D eigenvalue weighted by Gasteiger charge is 2.24. The summed E-state index contributed by atoms with van der Waals surface area (Å²) in [6, 6.07) is 0. The first-order valence-electron chi connectivity index (χ1n) is 5.92. The standard InChI is InChI=1S/C12H17N3O2S/c1-12(2)3-4-15(5-6-18-12)10-8-13-7-9(14-10)11(16)17/h7-8H,3-6H2,1-2H3,(H,16,17). The summed E-state index contributed by atoms with van der Waals surface area (Å²) in [4.78, 5) is 21.1. The van der Waals surface area contributed by atoms with Crippen LogP contribution in [-0.4, -0.2) is 44.6 Å². The maximum absolute atomic E-state index is 10.9. The maximum atomic E-state index is 10.9. The molecule has 1 saturated heterocycles. The van der Waals surface area contributed by atoms with Gasteiger partial charge in [0.25, 0.3) is 0 Å². The van der Waals surface area contributed by atoms with Crippen LogP contribution in [0.25, 0.3) is 0 Å². The highest BCUT2D eigenvalue weighted by molar-refractivity contribution is 8.00. The van der Waals surface area contributed by atoms with Crippen molar-refractivity contribution in [1.29, 1.82) is 0 Å². The molecule has 98 valence electrons. The molecule has 0 amide bonds. The highest BCUT2D eigenvalue weighted by atomic mass is 32.2. The van der Waals surface area contributed by atoms with Crippen molar-refractivity contribution in [3.8, 4) is 0 Å². The molecule has 2 heterocycles. The summed E-state index contributed by atoms with van der Waals surface area (Å²) in [5.41, 5.74) is 0.00339. The molecule has 0 unspecified atom stereocenters. The Hall–Kier alpha value is -1.30. The van der Waals surface area contributed by atoms with E-state index >= 15 is 0 Å². The first-order valence-corrected chi connectivity index (χ1v) is 6.91. The Morgan fingerprint density at radius 2 is 2.22 bits per heavy atom. The molecule has 1 N–H and O–H groups in total. The van der Waals surface area contributed by atoms with E-state index in [1.807, 2.05) is 11.8 Å². The zero-order valence-electron chi connectivity index (χ0n) is 10.6. The summed E-state index contributed by atoms with van der Waals surface area (Å²) >= 11 is 1.94. The summed E-state index contributed by atoms with van der Waals surface area (Å²) in [7, 11) is 0. The molecular formula is C12H17N3O2S. The van der Waals surface area contributed by atoms with Crippen molar-refractivity contribution >= 4 is 23.5 Å². The second kappa shape index (κ2) is 5.14. The van der Waals surface area contributed by atoms with Gasteiger partial charge in [-0.15, -0.1) is 0 Å². The molecule has 18 heavy (non-hydrogen) atoms. The largest absolute Gasteiger partial charge is 0.476 e. The number of anilines is 1. The van der Waals surface area contributed by atoms with E-state index in [2.05, 4.69) is 28.7 Å². The summed E-state index contributed by atoms with van der Waals surface area (Å²) in [6.07, 6.45) is 3.97. The SMILES string of the molecule is CC1(C)CCN(c2cncc(C(=O)O)n2)CCS1. The van der Waals surface area contributed by atoms with Crippen molar-refractivity contribution in [1.82, 2.24) is 9.97 Å². The van der Waals surface area contributed by atoms with Crippen molar-refractivity contribution < 1.29 is 9.90 Å². The predicted octanol–water partition coefficient (Wildman–Crippen LogP) is 1.90. The fourth-order valence-corrected chi connectivity index (χ4v) is 2.96. The van der Waals surface area contributed by atoms with Crippen LogP contribution in [0.2, 0.25) is 0 Å². The van der Waals surface area contributed by atoms with E-state index in [4.69, 9.17) is 5.11 Å². The van der Waals surface area contributed by atoms with Crippen LogP contribution in [-0.2, 0) is 0 Å². The normalized spacial score (nSPS) is 19.3. The van der Waals surface area contributed by atoms with Crippen molar-refractivity contribution in [2.75, 3.05) is 23.7 Å². The Kier molecular flexibility index (Phi) is 3.75. The average molecular weight is 267 g/mol. The zero-order valence-corrected chi connectivity index (χ0v) is 11.4. The smallest absolute Gasteiger partial charge is 0.356 e. The number of rotatable bonds is 2. The fourth-order valence-electron chi connectivity index (χ4n) is 1.86. The van der Waals surface area contributed by atoms with Crippen molar-refractivity contribution in [3.05, 3.63) is 18.1 Å². The fraction of sp³-hybridized carbons (Fsp3) is 0.583. The molecule has 2 rings (SSSR count). The van der Waals surface area contributed by atoms with Gasteiger partial charge in [-0.3, -0.25) is 4.98 Å². The number of carboxylic acids is 1. The van der Waals surface area contributed by atoms with Crippen LogP contribution in [0, 0.1) is 0 Å². The van der Waals surface area contributed by atoms with E-state index in [9.17, 15) is 4.79 Å². The van der Waals surface area contributed by atoms with Crippen LogP contribution in [0.5, 0.6) is 0 Å². The second-order valence-corrected chi connectivity index (χ2v) is 6.71. The Balaban J connectivity index is 2.16.